The van der Waals surface area contributed by atoms with Crippen molar-refractivity contribution in [3.63, 3.8) is 0 Å². The van der Waals surface area contributed by atoms with Crippen LogP contribution in [0.5, 0.6) is 0 Å². The molecule has 262 valence electrons. The van der Waals surface area contributed by atoms with Gasteiger partial charge < -0.3 is 4.42 Å². The maximum absolute atomic E-state index is 6.76. The lowest BCUT2D eigenvalue weighted by atomic mass is 9.98. The average molecular weight is 734 g/mol. The molecule has 56 heavy (non-hydrogen) atoms. The molecule has 0 bridgehead atoms. The van der Waals surface area contributed by atoms with Gasteiger partial charge in [0.05, 0.1) is 5.56 Å². The second-order valence-corrected chi connectivity index (χ2v) is 15.0. The minimum Gasteiger partial charge on any atom is -0.455 e. The molecule has 4 nitrogen and oxygen atoms in total. The van der Waals surface area contributed by atoms with Gasteiger partial charge in [-0.1, -0.05) is 164 Å². The summed E-state index contributed by atoms with van der Waals surface area (Å²) in [5, 5.41) is 4.68. The summed E-state index contributed by atoms with van der Waals surface area (Å²) < 4.78 is 9.33. The van der Waals surface area contributed by atoms with Crippen molar-refractivity contribution in [3.8, 4) is 67.5 Å². The zero-order valence-corrected chi connectivity index (χ0v) is 30.9. The topological polar surface area (TPSA) is 51.8 Å². The Bertz CT molecular complexity index is 3120. The third-order valence-electron chi connectivity index (χ3n) is 10.6. The maximum Gasteiger partial charge on any atom is 0.167 e. The van der Waals surface area contributed by atoms with Crippen LogP contribution in [0.15, 0.2) is 192 Å². The van der Waals surface area contributed by atoms with Crippen molar-refractivity contribution < 1.29 is 4.42 Å². The third-order valence-corrected chi connectivity index (χ3v) is 11.7. The van der Waals surface area contributed by atoms with Crippen LogP contribution in [0.1, 0.15) is 0 Å². The number of thiophene rings is 1. The maximum atomic E-state index is 6.76. The Morgan fingerprint density at radius 2 is 0.839 bits per heavy atom. The van der Waals surface area contributed by atoms with Gasteiger partial charge in [0.15, 0.2) is 17.5 Å². The Morgan fingerprint density at radius 1 is 0.339 bits per heavy atom. The van der Waals surface area contributed by atoms with Crippen LogP contribution < -0.4 is 0 Å². The first-order chi connectivity index (χ1) is 27.7. The Labute approximate surface area is 327 Å². The first-order valence-corrected chi connectivity index (χ1v) is 19.5. The molecule has 8 aromatic carbocycles. The van der Waals surface area contributed by atoms with Crippen LogP contribution >= 0.6 is 11.3 Å². The Kier molecular flexibility index (Phi) is 7.64. The van der Waals surface area contributed by atoms with Crippen molar-refractivity contribution >= 4 is 53.4 Å². The molecule has 0 N–H and O–H groups in total. The normalized spacial score (nSPS) is 11.6. The molecular formula is C51H31N3OS. The highest BCUT2D eigenvalue weighted by Crippen LogP contribution is 2.42. The number of rotatable bonds is 6. The van der Waals surface area contributed by atoms with Crippen molar-refractivity contribution in [1.29, 1.82) is 0 Å². The van der Waals surface area contributed by atoms with E-state index in [1.807, 2.05) is 35.6 Å². The van der Waals surface area contributed by atoms with E-state index < -0.39 is 0 Å². The number of benzene rings is 8. The van der Waals surface area contributed by atoms with Crippen LogP contribution in [0.25, 0.3) is 110 Å². The highest BCUT2D eigenvalue weighted by Gasteiger charge is 2.20. The molecule has 0 amide bonds. The summed E-state index contributed by atoms with van der Waals surface area (Å²) in [7, 11) is 0. The van der Waals surface area contributed by atoms with Gasteiger partial charge in [-0.15, -0.1) is 11.3 Å². The number of fused-ring (bicyclic) bond motifs is 6. The third kappa shape index (κ3) is 5.56. The number of hydrogen-bond donors (Lipinski definition) is 0. The van der Waals surface area contributed by atoms with Crippen molar-refractivity contribution in [2.75, 3.05) is 0 Å². The van der Waals surface area contributed by atoms with E-state index in [9.17, 15) is 0 Å². The fraction of sp³-hybridized carbons (Fsp3) is 0. The van der Waals surface area contributed by atoms with E-state index >= 15 is 0 Å². The van der Waals surface area contributed by atoms with Gasteiger partial charge in [0.25, 0.3) is 0 Å². The van der Waals surface area contributed by atoms with Crippen LogP contribution in [-0.2, 0) is 0 Å². The van der Waals surface area contributed by atoms with Crippen LogP contribution in [0.4, 0.5) is 0 Å². The van der Waals surface area contributed by atoms with Gasteiger partial charge >= 0.3 is 0 Å². The Morgan fingerprint density at radius 3 is 1.52 bits per heavy atom. The molecule has 0 atom stereocenters. The predicted molar refractivity (Wildman–Crippen MR) is 233 cm³/mol. The van der Waals surface area contributed by atoms with Crippen LogP contribution in [0.3, 0.4) is 0 Å². The quantitative estimate of drug-likeness (QED) is 0.171. The predicted octanol–water partition coefficient (Wildman–Crippen LogP) is 14.1. The summed E-state index contributed by atoms with van der Waals surface area (Å²) in [4.78, 5) is 15.4. The van der Waals surface area contributed by atoms with Crippen molar-refractivity contribution in [3.05, 3.63) is 188 Å². The molecule has 11 aromatic rings. The van der Waals surface area contributed by atoms with E-state index in [4.69, 9.17) is 19.4 Å². The van der Waals surface area contributed by atoms with E-state index in [2.05, 4.69) is 164 Å². The van der Waals surface area contributed by atoms with E-state index in [1.165, 1.54) is 20.2 Å². The van der Waals surface area contributed by atoms with E-state index in [-0.39, 0.29) is 0 Å². The van der Waals surface area contributed by atoms with Crippen LogP contribution in [0.2, 0.25) is 0 Å². The molecule has 5 heteroatoms. The first-order valence-electron chi connectivity index (χ1n) is 18.7. The lowest BCUT2D eigenvalue weighted by Crippen LogP contribution is -2.00. The number of hydrogen-bond acceptors (Lipinski definition) is 5. The summed E-state index contributed by atoms with van der Waals surface area (Å²) in [6, 6.07) is 65.6. The summed E-state index contributed by atoms with van der Waals surface area (Å²) in [6.45, 7) is 0. The van der Waals surface area contributed by atoms with Crippen molar-refractivity contribution in [1.82, 2.24) is 15.0 Å². The summed E-state index contributed by atoms with van der Waals surface area (Å²) in [5.74, 6) is 1.76. The minimum absolute atomic E-state index is 0.558. The molecule has 0 fully saturated rings. The van der Waals surface area contributed by atoms with Gasteiger partial charge in [0.1, 0.15) is 11.2 Å². The molecule has 3 heterocycles. The monoisotopic (exact) mass is 733 g/mol. The molecule has 11 rings (SSSR count). The fourth-order valence-corrected chi connectivity index (χ4v) is 8.94. The highest BCUT2D eigenvalue weighted by atomic mass is 32.1. The molecule has 0 unspecified atom stereocenters. The van der Waals surface area contributed by atoms with Crippen LogP contribution in [-0.4, -0.2) is 15.0 Å². The highest BCUT2D eigenvalue weighted by molar-refractivity contribution is 7.25. The summed E-state index contributed by atoms with van der Waals surface area (Å²) >= 11 is 1.83. The standard InChI is InChI=1S/C51H31N3OS/c1-3-11-32(12-4-1)34-21-25-36(26-22-34)49-52-50(37-27-23-35(24-28-37)33-13-5-2-6-14-33)54-51(53-49)43-18-9-17-42-47-39(16-10-19-44(47)55-48(42)43)38-29-30-41-40-15-7-8-20-45(40)56-46(41)31-38/h1-31H. The molecule has 0 spiro atoms. The molecule has 0 saturated carbocycles. The smallest absolute Gasteiger partial charge is 0.167 e. The largest absolute Gasteiger partial charge is 0.455 e. The zero-order valence-electron chi connectivity index (χ0n) is 30.1. The summed E-state index contributed by atoms with van der Waals surface area (Å²) in [5.41, 5.74) is 11.1. The van der Waals surface area contributed by atoms with Crippen molar-refractivity contribution in [2.45, 2.75) is 0 Å². The first kappa shape index (κ1) is 32.2. The van der Waals surface area contributed by atoms with Gasteiger partial charge in [0.2, 0.25) is 0 Å². The molecule has 0 radical (unpaired) electrons. The molecule has 0 aliphatic carbocycles. The second kappa shape index (κ2) is 13.3. The van der Waals surface area contributed by atoms with Crippen LogP contribution in [0, 0.1) is 0 Å². The lowest BCUT2D eigenvalue weighted by Gasteiger charge is -2.10. The van der Waals surface area contributed by atoms with Gasteiger partial charge in [-0.25, -0.2) is 15.0 Å². The molecule has 0 saturated heterocycles. The zero-order chi connectivity index (χ0) is 37.0. The van der Waals surface area contributed by atoms with Gasteiger partial charge in [0, 0.05) is 42.1 Å². The van der Waals surface area contributed by atoms with Gasteiger partial charge in [-0.05, 0) is 57.6 Å². The number of aromatic nitrogens is 3. The number of para-hydroxylation sites is 1. The number of nitrogens with zero attached hydrogens (tertiary/aromatic N) is 3. The Balaban J connectivity index is 1.06. The molecule has 0 aliphatic rings. The Hall–Kier alpha value is -7.21. The average Bonchev–Trinajstić information content (AvgIpc) is 3.85. The van der Waals surface area contributed by atoms with E-state index in [1.54, 1.807) is 0 Å². The minimum atomic E-state index is 0.558. The van der Waals surface area contributed by atoms with E-state index in [0.29, 0.717) is 17.5 Å². The second-order valence-electron chi connectivity index (χ2n) is 14.0. The number of furan rings is 1. The summed E-state index contributed by atoms with van der Waals surface area (Å²) in [6.07, 6.45) is 0. The molecule has 3 aromatic heterocycles. The molecular weight excluding hydrogens is 703 g/mol. The van der Waals surface area contributed by atoms with E-state index in [0.717, 1.165) is 72.0 Å². The van der Waals surface area contributed by atoms with Crippen molar-refractivity contribution in [2.24, 2.45) is 0 Å². The lowest BCUT2D eigenvalue weighted by molar-refractivity contribution is 0.669. The fourth-order valence-electron chi connectivity index (χ4n) is 7.80. The molecule has 0 aliphatic heterocycles. The van der Waals surface area contributed by atoms with Gasteiger partial charge in [-0.3, -0.25) is 0 Å². The van der Waals surface area contributed by atoms with Gasteiger partial charge in [-0.2, -0.15) is 0 Å². The SMILES string of the molecule is c1ccc(-c2ccc(-c3nc(-c4ccc(-c5ccccc5)cc4)nc(-c4cccc5c4oc4cccc(-c6ccc7c(c6)sc6ccccc67)c45)n3)cc2)cc1.